The van der Waals surface area contributed by atoms with E-state index in [4.69, 9.17) is 14.2 Å². The molecule has 0 aliphatic heterocycles. The van der Waals surface area contributed by atoms with Crippen LogP contribution >= 0.6 is 0 Å². The predicted molar refractivity (Wildman–Crippen MR) is 106 cm³/mol. The van der Waals surface area contributed by atoms with Gasteiger partial charge in [0.15, 0.2) is 0 Å². The Kier molecular flexibility index (Phi) is 8.82. The number of benzene rings is 2. The van der Waals surface area contributed by atoms with E-state index in [0.29, 0.717) is 26.4 Å². The van der Waals surface area contributed by atoms with Crippen molar-refractivity contribution < 1.29 is 14.2 Å². The summed E-state index contributed by atoms with van der Waals surface area (Å²) in [7, 11) is 1.71. The van der Waals surface area contributed by atoms with Gasteiger partial charge in [0.2, 0.25) is 0 Å². The first-order valence-corrected chi connectivity index (χ1v) is 9.51. The van der Waals surface area contributed by atoms with Crippen molar-refractivity contribution in [3.8, 4) is 0 Å². The predicted octanol–water partition coefficient (Wildman–Crippen LogP) is 4.99. The molecule has 0 heterocycles. The summed E-state index contributed by atoms with van der Waals surface area (Å²) in [6, 6.07) is 20.9. The second kappa shape index (κ2) is 11.1. The first-order chi connectivity index (χ1) is 12.7. The lowest BCUT2D eigenvalue weighted by atomic mass is 9.76. The fourth-order valence-electron chi connectivity index (χ4n) is 3.19. The van der Waals surface area contributed by atoms with Crippen molar-refractivity contribution >= 4 is 0 Å². The van der Waals surface area contributed by atoms with E-state index < -0.39 is 0 Å². The first kappa shape index (κ1) is 20.6. The Morgan fingerprint density at radius 1 is 0.808 bits per heavy atom. The third kappa shape index (κ3) is 5.94. The molecule has 1 atom stereocenters. The normalized spacial score (nSPS) is 12.9. The molecule has 2 rings (SSSR count). The van der Waals surface area contributed by atoms with E-state index in [1.807, 2.05) is 18.2 Å². The van der Waals surface area contributed by atoms with Gasteiger partial charge in [0.1, 0.15) is 6.10 Å². The highest BCUT2D eigenvalue weighted by Crippen LogP contribution is 2.32. The van der Waals surface area contributed by atoms with E-state index in [0.717, 1.165) is 12.8 Å². The molecule has 0 fully saturated rings. The van der Waals surface area contributed by atoms with Crippen molar-refractivity contribution in [2.75, 3.05) is 26.9 Å². The molecule has 3 heteroatoms. The minimum atomic E-state index is -0.0547. The van der Waals surface area contributed by atoms with Gasteiger partial charge in [-0.3, -0.25) is 0 Å². The van der Waals surface area contributed by atoms with Gasteiger partial charge in [-0.1, -0.05) is 74.5 Å². The molecule has 142 valence electrons. The Morgan fingerprint density at radius 2 is 1.38 bits per heavy atom. The van der Waals surface area contributed by atoms with Crippen molar-refractivity contribution in [3.05, 3.63) is 71.8 Å². The zero-order chi connectivity index (χ0) is 18.7. The van der Waals surface area contributed by atoms with Crippen LogP contribution in [0.1, 0.15) is 37.8 Å². The van der Waals surface area contributed by atoms with E-state index in [9.17, 15) is 0 Å². The van der Waals surface area contributed by atoms with E-state index >= 15 is 0 Å². The quantitative estimate of drug-likeness (QED) is 0.536. The van der Waals surface area contributed by atoms with Crippen LogP contribution in [-0.4, -0.2) is 33.0 Å². The number of methoxy groups -OCH3 is 1. The average molecular weight is 357 g/mol. The SMILES string of the molecule is CCC(CC)(COCC(COCc1ccccc1)OC)c1ccccc1. The van der Waals surface area contributed by atoms with Gasteiger partial charge in [-0.2, -0.15) is 0 Å². The van der Waals surface area contributed by atoms with Gasteiger partial charge in [0.25, 0.3) is 0 Å². The molecule has 2 aromatic rings. The van der Waals surface area contributed by atoms with Crippen LogP contribution in [0.4, 0.5) is 0 Å². The largest absolute Gasteiger partial charge is 0.378 e. The Morgan fingerprint density at radius 3 is 1.96 bits per heavy atom. The monoisotopic (exact) mass is 356 g/mol. The standard InChI is InChI=1S/C23H32O3/c1-4-23(5-2,21-14-10-7-11-15-21)19-26-18-22(24-3)17-25-16-20-12-8-6-9-13-20/h6-15,22H,4-5,16-19H2,1-3H3. The third-order valence-electron chi connectivity index (χ3n) is 5.17. The molecule has 0 aromatic heterocycles. The molecule has 2 aromatic carbocycles. The molecule has 0 bridgehead atoms. The summed E-state index contributed by atoms with van der Waals surface area (Å²) in [4.78, 5) is 0. The fourth-order valence-corrected chi connectivity index (χ4v) is 3.19. The smallest absolute Gasteiger partial charge is 0.104 e. The summed E-state index contributed by atoms with van der Waals surface area (Å²) >= 11 is 0. The Bertz CT molecular complexity index is 593. The van der Waals surface area contributed by atoms with Crippen LogP contribution in [0.25, 0.3) is 0 Å². The molecule has 0 saturated heterocycles. The molecule has 0 aliphatic rings. The summed E-state index contributed by atoms with van der Waals surface area (Å²) in [6.07, 6.45) is 2.05. The fraction of sp³-hybridized carbons (Fsp3) is 0.478. The summed E-state index contributed by atoms with van der Waals surface area (Å²) in [5.41, 5.74) is 2.58. The first-order valence-electron chi connectivity index (χ1n) is 9.51. The molecule has 0 saturated carbocycles. The lowest BCUT2D eigenvalue weighted by molar-refractivity contribution is -0.0537. The molecule has 0 spiro atoms. The number of ether oxygens (including phenoxy) is 3. The molecule has 0 amide bonds. The van der Waals surface area contributed by atoms with Crippen molar-refractivity contribution in [3.63, 3.8) is 0 Å². The minimum absolute atomic E-state index is 0.0547. The number of hydrogen-bond donors (Lipinski definition) is 0. The second-order valence-electron chi connectivity index (χ2n) is 6.73. The highest BCUT2D eigenvalue weighted by atomic mass is 16.6. The maximum Gasteiger partial charge on any atom is 0.104 e. The van der Waals surface area contributed by atoms with Crippen molar-refractivity contribution in [1.29, 1.82) is 0 Å². The molecule has 0 N–H and O–H groups in total. The van der Waals surface area contributed by atoms with Gasteiger partial charge >= 0.3 is 0 Å². The molecule has 3 nitrogen and oxygen atoms in total. The van der Waals surface area contributed by atoms with Crippen molar-refractivity contribution in [1.82, 2.24) is 0 Å². The van der Waals surface area contributed by atoms with Crippen molar-refractivity contribution in [2.24, 2.45) is 0 Å². The summed E-state index contributed by atoms with van der Waals surface area (Å²) < 4.78 is 17.4. The minimum Gasteiger partial charge on any atom is -0.378 e. The number of rotatable bonds is 12. The summed E-state index contributed by atoms with van der Waals surface area (Å²) in [5, 5.41) is 0. The van der Waals surface area contributed by atoms with E-state index in [2.05, 4.69) is 56.3 Å². The Hall–Kier alpha value is -1.68. The second-order valence-corrected chi connectivity index (χ2v) is 6.73. The zero-order valence-electron chi connectivity index (χ0n) is 16.3. The maximum absolute atomic E-state index is 6.09. The van der Waals surface area contributed by atoms with Crippen LogP contribution in [0.15, 0.2) is 60.7 Å². The molecular formula is C23H32O3. The highest BCUT2D eigenvalue weighted by molar-refractivity contribution is 5.25. The molecule has 26 heavy (non-hydrogen) atoms. The zero-order valence-corrected chi connectivity index (χ0v) is 16.3. The van der Waals surface area contributed by atoms with Gasteiger partial charge in [0.05, 0.1) is 26.4 Å². The van der Waals surface area contributed by atoms with Gasteiger partial charge in [-0.25, -0.2) is 0 Å². The molecule has 0 aliphatic carbocycles. The van der Waals surface area contributed by atoms with Crippen molar-refractivity contribution in [2.45, 2.75) is 44.8 Å². The third-order valence-corrected chi connectivity index (χ3v) is 5.17. The molecule has 1 unspecified atom stereocenters. The average Bonchev–Trinajstić information content (AvgIpc) is 2.71. The van der Waals surface area contributed by atoms with E-state index in [1.165, 1.54) is 11.1 Å². The maximum atomic E-state index is 6.09. The van der Waals surface area contributed by atoms with Gasteiger partial charge < -0.3 is 14.2 Å². The molecular weight excluding hydrogens is 324 g/mol. The van der Waals surface area contributed by atoms with Crippen LogP contribution in [0.3, 0.4) is 0 Å². The van der Waals surface area contributed by atoms with Crippen LogP contribution in [0.2, 0.25) is 0 Å². The topological polar surface area (TPSA) is 27.7 Å². The highest BCUT2D eigenvalue weighted by Gasteiger charge is 2.29. The number of hydrogen-bond acceptors (Lipinski definition) is 3. The Labute approximate surface area is 158 Å². The van der Waals surface area contributed by atoms with Crippen LogP contribution in [0, 0.1) is 0 Å². The van der Waals surface area contributed by atoms with Crippen LogP contribution < -0.4 is 0 Å². The van der Waals surface area contributed by atoms with E-state index in [-0.39, 0.29) is 11.5 Å². The summed E-state index contributed by atoms with van der Waals surface area (Å²) in [6.45, 7) is 6.83. The lowest BCUT2D eigenvalue weighted by Crippen LogP contribution is -2.33. The van der Waals surface area contributed by atoms with Gasteiger partial charge in [0, 0.05) is 12.5 Å². The lowest BCUT2D eigenvalue weighted by Gasteiger charge is -2.32. The Balaban J connectivity index is 1.81. The van der Waals surface area contributed by atoms with Crippen LogP contribution in [-0.2, 0) is 26.2 Å². The van der Waals surface area contributed by atoms with Crippen LogP contribution in [0.5, 0.6) is 0 Å². The molecule has 0 radical (unpaired) electrons. The van der Waals surface area contributed by atoms with Gasteiger partial charge in [-0.15, -0.1) is 0 Å². The summed E-state index contributed by atoms with van der Waals surface area (Å²) in [5.74, 6) is 0. The van der Waals surface area contributed by atoms with E-state index in [1.54, 1.807) is 7.11 Å². The van der Waals surface area contributed by atoms with Gasteiger partial charge in [-0.05, 0) is 24.0 Å².